The van der Waals surface area contributed by atoms with Crippen LogP contribution in [0.4, 0.5) is 0 Å². The summed E-state index contributed by atoms with van der Waals surface area (Å²) >= 11 is 0. The molecule has 0 aliphatic rings. The molecule has 0 aliphatic carbocycles. The van der Waals surface area contributed by atoms with Gasteiger partial charge in [0.1, 0.15) is 11.6 Å². The van der Waals surface area contributed by atoms with Crippen LogP contribution in [0.3, 0.4) is 0 Å². The lowest BCUT2D eigenvalue weighted by Gasteiger charge is -2.22. The molecule has 0 radical (unpaired) electrons. The maximum absolute atomic E-state index is 5.58. The SMILES string of the molecule is CCCNC(c1ncc[nH]1)c1c(C)cc(C)cc1OC. The Morgan fingerprint density at radius 1 is 1.35 bits per heavy atom. The van der Waals surface area contributed by atoms with Crippen LogP contribution in [0.1, 0.15) is 41.9 Å². The number of aryl methyl sites for hydroxylation is 2. The van der Waals surface area contributed by atoms with Crippen molar-refractivity contribution >= 4 is 0 Å². The van der Waals surface area contributed by atoms with Gasteiger partial charge < -0.3 is 15.0 Å². The summed E-state index contributed by atoms with van der Waals surface area (Å²) in [4.78, 5) is 7.62. The van der Waals surface area contributed by atoms with Crippen molar-refractivity contribution in [3.05, 3.63) is 47.0 Å². The molecular weight excluding hydrogens is 250 g/mol. The smallest absolute Gasteiger partial charge is 0.127 e. The molecule has 1 unspecified atom stereocenters. The molecule has 4 nitrogen and oxygen atoms in total. The van der Waals surface area contributed by atoms with E-state index in [1.54, 1.807) is 13.3 Å². The van der Waals surface area contributed by atoms with Crippen LogP contribution in [0.15, 0.2) is 24.5 Å². The Bertz CT molecular complexity index is 549. The second kappa shape index (κ2) is 6.57. The van der Waals surface area contributed by atoms with E-state index >= 15 is 0 Å². The lowest BCUT2D eigenvalue weighted by molar-refractivity contribution is 0.401. The fourth-order valence-corrected chi connectivity index (χ4v) is 2.54. The number of nitrogens with zero attached hydrogens (tertiary/aromatic N) is 1. The van der Waals surface area contributed by atoms with Crippen LogP contribution in [-0.4, -0.2) is 23.6 Å². The number of ether oxygens (including phenoxy) is 1. The zero-order chi connectivity index (χ0) is 14.5. The molecule has 2 rings (SSSR count). The lowest BCUT2D eigenvalue weighted by atomic mass is 9.97. The molecule has 0 saturated heterocycles. The molecule has 108 valence electrons. The molecule has 20 heavy (non-hydrogen) atoms. The van der Waals surface area contributed by atoms with Crippen LogP contribution in [0.25, 0.3) is 0 Å². The van der Waals surface area contributed by atoms with Crippen molar-refractivity contribution in [3.8, 4) is 5.75 Å². The van der Waals surface area contributed by atoms with Crippen LogP contribution in [-0.2, 0) is 0 Å². The first-order valence-electron chi connectivity index (χ1n) is 7.05. The second-order valence-corrected chi connectivity index (χ2v) is 5.06. The molecule has 1 aromatic carbocycles. The summed E-state index contributed by atoms with van der Waals surface area (Å²) < 4.78 is 5.58. The molecule has 0 saturated carbocycles. The highest BCUT2D eigenvalue weighted by Crippen LogP contribution is 2.32. The van der Waals surface area contributed by atoms with Gasteiger partial charge in [-0.25, -0.2) is 4.98 Å². The van der Waals surface area contributed by atoms with E-state index in [1.807, 2.05) is 6.20 Å². The number of aromatic nitrogens is 2. The molecule has 2 N–H and O–H groups in total. The monoisotopic (exact) mass is 273 g/mol. The molecule has 1 heterocycles. The van der Waals surface area contributed by atoms with E-state index in [1.165, 1.54) is 11.1 Å². The molecule has 4 heteroatoms. The topological polar surface area (TPSA) is 49.9 Å². The average Bonchev–Trinajstić information content (AvgIpc) is 2.94. The lowest BCUT2D eigenvalue weighted by Crippen LogP contribution is -2.25. The van der Waals surface area contributed by atoms with Gasteiger partial charge >= 0.3 is 0 Å². The molecule has 1 atom stereocenters. The van der Waals surface area contributed by atoms with Gasteiger partial charge in [0, 0.05) is 18.0 Å². The highest BCUT2D eigenvalue weighted by Gasteiger charge is 2.22. The number of rotatable bonds is 6. The van der Waals surface area contributed by atoms with Gasteiger partial charge in [-0.3, -0.25) is 0 Å². The zero-order valence-electron chi connectivity index (χ0n) is 12.7. The summed E-state index contributed by atoms with van der Waals surface area (Å²) in [5, 5.41) is 3.55. The normalized spacial score (nSPS) is 12.4. The van der Waals surface area contributed by atoms with Crippen LogP contribution >= 0.6 is 0 Å². The van der Waals surface area contributed by atoms with Gasteiger partial charge in [-0.15, -0.1) is 0 Å². The van der Waals surface area contributed by atoms with Gasteiger partial charge in [-0.1, -0.05) is 13.0 Å². The summed E-state index contributed by atoms with van der Waals surface area (Å²) in [6.07, 6.45) is 4.71. The third-order valence-corrected chi connectivity index (χ3v) is 3.39. The molecule has 0 bridgehead atoms. The Morgan fingerprint density at radius 3 is 2.75 bits per heavy atom. The van der Waals surface area contributed by atoms with Crippen LogP contribution < -0.4 is 10.1 Å². The van der Waals surface area contributed by atoms with Gasteiger partial charge in [0.25, 0.3) is 0 Å². The summed E-state index contributed by atoms with van der Waals surface area (Å²) in [6, 6.07) is 4.29. The summed E-state index contributed by atoms with van der Waals surface area (Å²) in [6.45, 7) is 7.29. The predicted molar refractivity (Wildman–Crippen MR) is 81.2 cm³/mol. The molecule has 0 amide bonds. The maximum atomic E-state index is 5.58. The molecule has 0 spiro atoms. The first-order chi connectivity index (χ1) is 9.67. The molecule has 2 aromatic rings. The molecule has 0 aliphatic heterocycles. The van der Waals surface area contributed by atoms with Crippen molar-refractivity contribution < 1.29 is 4.74 Å². The van der Waals surface area contributed by atoms with E-state index in [2.05, 4.69) is 48.2 Å². The average molecular weight is 273 g/mol. The van der Waals surface area contributed by atoms with Gasteiger partial charge in [-0.05, 0) is 44.0 Å². The second-order valence-electron chi connectivity index (χ2n) is 5.06. The minimum Gasteiger partial charge on any atom is -0.496 e. The van der Waals surface area contributed by atoms with E-state index in [-0.39, 0.29) is 6.04 Å². The number of H-pyrrole nitrogens is 1. The number of benzene rings is 1. The Labute approximate surface area is 120 Å². The molecular formula is C16H23N3O. The van der Waals surface area contributed by atoms with Gasteiger partial charge in [-0.2, -0.15) is 0 Å². The number of hydrogen-bond acceptors (Lipinski definition) is 3. The first-order valence-corrected chi connectivity index (χ1v) is 7.05. The zero-order valence-corrected chi connectivity index (χ0v) is 12.7. The van der Waals surface area contributed by atoms with Crippen LogP contribution in [0.2, 0.25) is 0 Å². The van der Waals surface area contributed by atoms with Gasteiger partial charge in [0.05, 0.1) is 13.2 Å². The van der Waals surface area contributed by atoms with Crippen molar-refractivity contribution in [2.24, 2.45) is 0 Å². The fourth-order valence-electron chi connectivity index (χ4n) is 2.54. The van der Waals surface area contributed by atoms with Crippen molar-refractivity contribution in [3.63, 3.8) is 0 Å². The number of nitrogens with one attached hydrogen (secondary N) is 2. The Balaban J connectivity index is 2.48. The highest BCUT2D eigenvalue weighted by atomic mass is 16.5. The number of aromatic amines is 1. The Morgan fingerprint density at radius 2 is 2.15 bits per heavy atom. The standard InChI is InChI=1S/C16H23N3O/c1-5-6-17-15(16-18-7-8-19-16)14-12(3)9-11(2)10-13(14)20-4/h7-10,15,17H,5-6H2,1-4H3,(H,18,19). The minimum atomic E-state index is 0.0282. The van der Waals surface area contributed by atoms with Gasteiger partial charge in [0.2, 0.25) is 0 Å². The highest BCUT2D eigenvalue weighted by molar-refractivity contribution is 5.47. The van der Waals surface area contributed by atoms with E-state index in [4.69, 9.17) is 4.74 Å². The largest absolute Gasteiger partial charge is 0.496 e. The van der Waals surface area contributed by atoms with E-state index in [0.29, 0.717) is 0 Å². The summed E-state index contributed by atoms with van der Waals surface area (Å²) in [5.41, 5.74) is 3.57. The molecule has 1 aromatic heterocycles. The van der Waals surface area contributed by atoms with E-state index in [0.717, 1.165) is 30.1 Å². The third-order valence-electron chi connectivity index (χ3n) is 3.39. The summed E-state index contributed by atoms with van der Waals surface area (Å²) in [5.74, 6) is 1.83. The van der Waals surface area contributed by atoms with Crippen molar-refractivity contribution in [2.45, 2.75) is 33.2 Å². The van der Waals surface area contributed by atoms with Crippen molar-refractivity contribution in [2.75, 3.05) is 13.7 Å². The van der Waals surface area contributed by atoms with E-state index < -0.39 is 0 Å². The van der Waals surface area contributed by atoms with E-state index in [9.17, 15) is 0 Å². The Hall–Kier alpha value is -1.81. The number of hydrogen-bond donors (Lipinski definition) is 2. The van der Waals surface area contributed by atoms with Crippen LogP contribution in [0.5, 0.6) is 5.75 Å². The third kappa shape index (κ3) is 3.02. The van der Waals surface area contributed by atoms with Crippen molar-refractivity contribution in [1.82, 2.24) is 15.3 Å². The van der Waals surface area contributed by atoms with Crippen molar-refractivity contribution in [1.29, 1.82) is 0 Å². The first kappa shape index (κ1) is 14.6. The van der Waals surface area contributed by atoms with Crippen LogP contribution in [0, 0.1) is 13.8 Å². The predicted octanol–water partition coefficient (Wildman–Crippen LogP) is 3.12. The number of imidazole rings is 1. The quantitative estimate of drug-likeness (QED) is 0.850. The summed E-state index contributed by atoms with van der Waals surface area (Å²) in [7, 11) is 1.72. The maximum Gasteiger partial charge on any atom is 0.127 e. The minimum absolute atomic E-state index is 0.0282. The fraction of sp³-hybridized carbons (Fsp3) is 0.438. The molecule has 0 fully saturated rings. The van der Waals surface area contributed by atoms with Gasteiger partial charge in [0.15, 0.2) is 0 Å². The number of methoxy groups -OCH3 is 1. The Kier molecular flexibility index (Phi) is 4.79.